The maximum Gasteiger partial charge on any atom is 0.293 e. The molecular weight excluding hydrogens is 582 g/mol. The summed E-state index contributed by atoms with van der Waals surface area (Å²) in [5.74, 6) is 0.301. The summed E-state index contributed by atoms with van der Waals surface area (Å²) < 4.78 is 11.9. The van der Waals surface area contributed by atoms with Crippen molar-refractivity contribution in [3.8, 4) is 11.5 Å². The van der Waals surface area contributed by atoms with E-state index in [1.807, 2.05) is 0 Å². The molecular formula is C25H18BrN3O8S. The molecule has 0 spiro atoms. The number of nitrogens with zero attached hydrogens (tertiary/aromatic N) is 3. The van der Waals surface area contributed by atoms with Crippen LogP contribution in [-0.2, 0) is 17.9 Å². The average Bonchev–Trinajstić information content (AvgIpc) is 3.16. The number of carbonyl (C=O) groups is 2. The lowest BCUT2D eigenvalue weighted by atomic mass is 10.1. The first-order valence-corrected chi connectivity index (χ1v) is 12.5. The molecule has 3 aromatic carbocycles. The van der Waals surface area contributed by atoms with E-state index in [1.165, 1.54) is 43.5 Å². The highest BCUT2D eigenvalue weighted by Crippen LogP contribution is 2.38. The molecule has 2 amide bonds. The summed E-state index contributed by atoms with van der Waals surface area (Å²) in [7, 11) is 1.46. The van der Waals surface area contributed by atoms with Gasteiger partial charge in [0.2, 0.25) is 0 Å². The first kappa shape index (κ1) is 26.8. The SMILES string of the molecule is COc1cc(/C=C2/SC(=O)N(Cc3ccc([N+](=O)[O-])cc3)C2=O)c(Br)cc1OCc1ccc([N+](=O)[O-])cc1. The van der Waals surface area contributed by atoms with Crippen molar-refractivity contribution in [1.29, 1.82) is 0 Å². The minimum atomic E-state index is -0.523. The Morgan fingerprint density at radius 2 is 1.50 bits per heavy atom. The summed E-state index contributed by atoms with van der Waals surface area (Å²) in [5, 5.41) is 21.2. The van der Waals surface area contributed by atoms with E-state index in [2.05, 4.69) is 15.9 Å². The lowest BCUT2D eigenvalue weighted by molar-refractivity contribution is -0.385. The maximum absolute atomic E-state index is 13.0. The predicted octanol–water partition coefficient (Wildman–Crippen LogP) is 6.09. The van der Waals surface area contributed by atoms with Crippen LogP contribution in [0.5, 0.6) is 11.5 Å². The second-order valence-electron chi connectivity index (χ2n) is 7.93. The van der Waals surface area contributed by atoms with Crippen LogP contribution in [0.2, 0.25) is 0 Å². The number of non-ortho nitro benzene ring substituents is 2. The highest BCUT2D eigenvalue weighted by Gasteiger charge is 2.35. The molecule has 1 fully saturated rings. The van der Waals surface area contributed by atoms with Gasteiger partial charge in [0.1, 0.15) is 6.61 Å². The van der Waals surface area contributed by atoms with Gasteiger partial charge in [-0.1, -0.05) is 28.1 Å². The summed E-state index contributed by atoms with van der Waals surface area (Å²) in [5.41, 5.74) is 1.78. The van der Waals surface area contributed by atoms with Crippen LogP contribution in [0, 0.1) is 20.2 Å². The molecule has 4 rings (SSSR count). The number of thioether (sulfide) groups is 1. The van der Waals surface area contributed by atoms with E-state index < -0.39 is 21.0 Å². The standard InChI is InChI=1S/C25H18BrN3O8S/c1-36-21-10-17(20(26)12-22(21)37-14-16-4-8-19(9-5-16)29(34)35)11-23-24(30)27(25(31)38-23)13-15-2-6-18(7-3-15)28(32)33/h2-12H,13-14H2,1H3/b23-11+. The first-order chi connectivity index (χ1) is 18.2. The Hall–Kier alpha value is -4.23. The Morgan fingerprint density at radius 3 is 2.05 bits per heavy atom. The molecule has 0 atom stereocenters. The van der Waals surface area contributed by atoms with Gasteiger partial charge in [0.15, 0.2) is 11.5 Å². The summed E-state index contributed by atoms with van der Waals surface area (Å²) in [4.78, 5) is 47.4. The minimum Gasteiger partial charge on any atom is -0.493 e. The van der Waals surface area contributed by atoms with Crippen molar-refractivity contribution < 1.29 is 28.9 Å². The Labute approximate surface area is 228 Å². The fraction of sp³-hybridized carbons (Fsp3) is 0.120. The molecule has 3 aromatic rings. The van der Waals surface area contributed by atoms with Gasteiger partial charge in [0.05, 0.1) is 28.4 Å². The number of ether oxygens (including phenoxy) is 2. The van der Waals surface area contributed by atoms with E-state index >= 15 is 0 Å². The highest BCUT2D eigenvalue weighted by molar-refractivity contribution is 9.10. The number of hydrogen-bond acceptors (Lipinski definition) is 9. The van der Waals surface area contributed by atoms with Gasteiger partial charge >= 0.3 is 0 Å². The zero-order valence-corrected chi connectivity index (χ0v) is 22.1. The van der Waals surface area contributed by atoms with E-state index in [-0.39, 0.29) is 29.4 Å². The summed E-state index contributed by atoms with van der Waals surface area (Å²) in [6.45, 7) is 0.127. The van der Waals surface area contributed by atoms with Crippen LogP contribution >= 0.6 is 27.7 Å². The van der Waals surface area contributed by atoms with Crippen LogP contribution in [0.15, 0.2) is 70.0 Å². The molecule has 194 valence electrons. The second-order valence-corrected chi connectivity index (χ2v) is 9.78. The molecule has 0 aromatic heterocycles. The van der Waals surface area contributed by atoms with Crippen molar-refractivity contribution in [2.24, 2.45) is 0 Å². The summed E-state index contributed by atoms with van der Waals surface area (Å²) >= 11 is 4.25. The van der Waals surface area contributed by atoms with E-state index in [0.29, 0.717) is 27.1 Å². The third kappa shape index (κ3) is 6.01. The molecule has 1 aliphatic rings. The lowest BCUT2D eigenvalue weighted by Crippen LogP contribution is -2.27. The number of amides is 2. The van der Waals surface area contributed by atoms with Gasteiger partial charge in [-0.25, -0.2) is 0 Å². The summed E-state index contributed by atoms with van der Waals surface area (Å²) in [6.07, 6.45) is 1.56. The van der Waals surface area contributed by atoms with Gasteiger partial charge < -0.3 is 9.47 Å². The van der Waals surface area contributed by atoms with Crippen molar-refractivity contribution >= 4 is 56.3 Å². The first-order valence-electron chi connectivity index (χ1n) is 10.9. The third-order valence-electron chi connectivity index (χ3n) is 5.47. The number of methoxy groups -OCH3 is 1. The van der Waals surface area contributed by atoms with Crippen molar-refractivity contribution in [1.82, 2.24) is 4.90 Å². The van der Waals surface area contributed by atoms with Gasteiger partial charge in [0.25, 0.3) is 22.5 Å². The van der Waals surface area contributed by atoms with Gasteiger partial charge in [-0.2, -0.15) is 0 Å². The zero-order valence-electron chi connectivity index (χ0n) is 19.7. The van der Waals surface area contributed by atoms with Gasteiger partial charge in [-0.15, -0.1) is 0 Å². The van der Waals surface area contributed by atoms with Crippen LogP contribution in [0.25, 0.3) is 6.08 Å². The van der Waals surface area contributed by atoms with Crippen LogP contribution in [0.3, 0.4) is 0 Å². The molecule has 0 N–H and O–H groups in total. The Kier molecular flexibility index (Phi) is 8.08. The van der Waals surface area contributed by atoms with Crippen molar-refractivity contribution in [3.05, 3.63) is 107 Å². The van der Waals surface area contributed by atoms with E-state index in [1.54, 1.807) is 30.3 Å². The Balaban J connectivity index is 1.49. The number of rotatable bonds is 9. The molecule has 0 unspecified atom stereocenters. The second kappa shape index (κ2) is 11.4. The fourth-order valence-corrected chi connectivity index (χ4v) is 4.76. The Bertz CT molecular complexity index is 1460. The molecule has 1 heterocycles. The molecule has 0 bridgehead atoms. The molecule has 11 nitrogen and oxygen atoms in total. The van der Waals surface area contributed by atoms with Gasteiger partial charge in [-0.3, -0.25) is 34.7 Å². The molecule has 0 saturated carbocycles. The van der Waals surface area contributed by atoms with E-state index in [0.717, 1.165) is 22.2 Å². The maximum atomic E-state index is 13.0. The average molecular weight is 600 g/mol. The van der Waals surface area contributed by atoms with Crippen LogP contribution in [0.1, 0.15) is 16.7 Å². The van der Waals surface area contributed by atoms with Gasteiger partial charge in [-0.05, 0) is 58.8 Å². The van der Waals surface area contributed by atoms with Crippen LogP contribution in [0.4, 0.5) is 16.2 Å². The number of imide groups is 1. The molecule has 13 heteroatoms. The number of nitro groups is 2. The quantitative estimate of drug-likeness (QED) is 0.162. The minimum absolute atomic E-state index is 0.0140. The number of benzene rings is 3. The molecule has 1 aliphatic heterocycles. The third-order valence-corrected chi connectivity index (χ3v) is 7.07. The van der Waals surface area contributed by atoms with Crippen molar-refractivity contribution in [3.63, 3.8) is 0 Å². The number of hydrogen-bond donors (Lipinski definition) is 0. The topological polar surface area (TPSA) is 142 Å². The molecule has 38 heavy (non-hydrogen) atoms. The fourth-order valence-electron chi connectivity index (χ4n) is 3.49. The predicted molar refractivity (Wildman–Crippen MR) is 143 cm³/mol. The van der Waals surface area contributed by atoms with Gasteiger partial charge in [0, 0.05) is 28.7 Å². The largest absolute Gasteiger partial charge is 0.493 e. The monoisotopic (exact) mass is 599 g/mol. The van der Waals surface area contributed by atoms with Crippen LogP contribution in [-0.4, -0.2) is 33.0 Å². The Morgan fingerprint density at radius 1 is 0.921 bits per heavy atom. The van der Waals surface area contributed by atoms with Crippen molar-refractivity contribution in [2.45, 2.75) is 13.2 Å². The number of halogens is 1. The van der Waals surface area contributed by atoms with Crippen LogP contribution < -0.4 is 9.47 Å². The van der Waals surface area contributed by atoms with E-state index in [4.69, 9.17) is 9.47 Å². The van der Waals surface area contributed by atoms with Crippen molar-refractivity contribution in [2.75, 3.05) is 7.11 Å². The smallest absolute Gasteiger partial charge is 0.293 e. The number of carbonyl (C=O) groups excluding carboxylic acids is 2. The summed E-state index contributed by atoms with van der Waals surface area (Å²) in [6, 6.07) is 14.9. The molecule has 0 radical (unpaired) electrons. The lowest BCUT2D eigenvalue weighted by Gasteiger charge is -2.13. The molecule has 1 saturated heterocycles. The normalized spacial score (nSPS) is 14.2. The highest BCUT2D eigenvalue weighted by atomic mass is 79.9. The van der Waals surface area contributed by atoms with E-state index in [9.17, 15) is 29.8 Å². The zero-order chi connectivity index (χ0) is 27.4. The number of nitro benzene ring substituents is 2. The molecule has 0 aliphatic carbocycles.